The summed E-state index contributed by atoms with van der Waals surface area (Å²) in [5, 5.41) is 4.08. The molecule has 2 heterocycles. The van der Waals surface area contributed by atoms with Gasteiger partial charge in [-0.25, -0.2) is 0 Å². The molecule has 0 saturated carbocycles. The summed E-state index contributed by atoms with van der Waals surface area (Å²) < 4.78 is 5.56. The van der Waals surface area contributed by atoms with Crippen LogP contribution in [-0.2, 0) is 16.0 Å². The standard InChI is InChI=1S/C29H26Cl4N4O3.C2H6/c1-17-7-8-20(30)27(21(31)13-17)24-16-26(40-36-24)23-15-19(9-11-35-23)37(29(39)28(32)33)12-10-25(38)22(34)14-18-5-3-2-4-6-18;1-2/h2-9,11,13,15-16,21-22,28H,10,12,14,34H2,1H3;1-2H3. The zero-order valence-corrected chi connectivity index (χ0v) is 26.5. The summed E-state index contributed by atoms with van der Waals surface area (Å²) in [6.45, 7) is 5.95. The van der Waals surface area contributed by atoms with Gasteiger partial charge in [0.2, 0.25) is 0 Å². The van der Waals surface area contributed by atoms with Gasteiger partial charge in [0.15, 0.2) is 16.4 Å². The molecule has 222 valence electrons. The average molecular weight is 650 g/mol. The van der Waals surface area contributed by atoms with Crippen molar-refractivity contribution in [2.24, 2.45) is 5.73 Å². The second-order valence-corrected chi connectivity index (χ2v) is 11.2. The van der Waals surface area contributed by atoms with Crippen molar-refractivity contribution in [3.05, 3.63) is 94.8 Å². The zero-order chi connectivity index (χ0) is 30.8. The molecule has 2 atom stereocenters. The molecule has 2 aromatic heterocycles. The summed E-state index contributed by atoms with van der Waals surface area (Å²) in [6.07, 6.45) is 7.38. The normalized spacial score (nSPS) is 15.5. The van der Waals surface area contributed by atoms with Crippen LogP contribution >= 0.6 is 46.4 Å². The molecule has 0 bridgehead atoms. The number of nitrogens with zero attached hydrogens (tertiary/aromatic N) is 3. The summed E-state index contributed by atoms with van der Waals surface area (Å²) in [4.78, 5) is 30.1. The topological polar surface area (TPSA) is 102 Å². The number of hydrogen-bond acceptors (Lipinski definition) is 6. The first kappa shape index (κ1) is 33.6. The minimum atomic E-state index is -1.34. The van der Waals surface area contributed by atoms with Crippen LogP contribution in [0.3, 0.4) is 0 Å². The SMILES string of the molecule is CC.CC1=CC(Cl)C(c2cc(-c3cc(N(CCC(=O)C(N)Cc4ccccc4)C(=O)C(Cl)Cl)ccn3)on2)=C(Cl)C=C1. The van der Waals surface area contributed by atoms with Crippen LogP contribution in [0.4, 0.5) is 5.69 Å². The number of carbonyl (C=O) groups is 2. The van der Waals surface area contributed by atoms with E-state index in [4.69, 9.17) is 56.7 Å². The Bertz CT molecular complexity index is 1470. The van der Waals surface area contributed by atoms with Gasteiger partial charge in [-0.05, 0) is 37.1 Å². The Morgan fingerprint density at radius 3 is 2.48 bits per heavy atom. The van der Waals surface area contributed by atoms with Gasteiger partial charge < -0.3 is 15.2 Å². The van der Waals surface area contributed by atoms with E-state index in [1.165, 1.54) is 11.1 Å². The van der Waals surface area contributed by atoms with E-state index >= 15 is 0 Å². The van der Waals surface area contributed by atoms with Gasteiger partial charge in [0.05, 0.1) is 11.4 Å². The van der Waals surface area contributed by atoms with Crippen molar-refractivity contribution in [2.75, 3.05) is 11.4 Å². The number of alkyl halides is 3. The fourth-order valence-corrected chi connectivity index (χ4v) is 5.17. The number of ketones is 1. The number of hydrogen-bond donors (Lipinski definition) is 1. The van der Waals surface area contributed by atoms with Crippen molar-refractivity contribution in [1.29, 1.82) is 0 Å². The zero-order valence-electron chi connectivity index (χ0n) is 23.4. The minimum absolute atomic E-state index is 0.00850. The molecule has 42 heavy (non-hydrogen) atoms. The molecule has 1 aliphatic rings. The Hall–Kier alpha value is -2.94. The molecule has 4 rings (SSSR count). The molecule has 1 amide bonds. The molecule has 0 spiro atoms. The number of benzene rings is 1. The number of Topliss-reactive ketones (excluding diaryl/α,β-unsaturated/α-hetero) is 1. The maximum Gasteiger partial charge on any atom is 0.260 e. The molecule has 11 heteroatoms. The summed E-state index contributed by atoms with van der Waals surface area (Å²) in [7, 11) is 0. The number of carbonyl (C=O) groups excluding carboxylic acids is 2. The van der Waals surface area contributed by atoms with Crippen LogP contribution in [-0.4, -0.2) is 44.6 Å². The fraction of sp³-hybridized carbons (Fsp3) is 0.290. The Morgan fingerprint density at radius 2 is 1.79 bits per heavy atom. The van der Waals surface area contributed by atoms with Crippen LogP contribution in [0.15, 0.2) is 88.1 Å². The smallest absolute Gasteiger partial charge is 0.260 e. The fourth-order valence-electron chi connectivity index (χ4n) is 4.18. The summed E-state index contributed by atoms with van der Waals surface area (Å²) in [5.41, 5.74) is 9.92. The molecule has 3 aromatic rings. The third-order valence-electron chi connectivity index (χ3n) is 6.28. The number of rotatable bonds is 10. The van der Waals surface area contributed by atoms with E-state index in [9.17, 15) is 9.59 Å². The quantitative estimate of drug-likeness (QED) is 0.228. The van der Waals surface area contributed by atoms with Crippen LogP contribution in [0.1, 0.15) is 38.4 Å². The number of halogens is 4. The molecule has 1 aliphatic carbocycles. The molecular weight excluding hydrogens is 618 g/mol. The summed E-state index contributed by atoms with van der Waals surface area (Å²) >= 11 is 24.9. The van der Waals surface area contributed by atoms with E-state index in [1.807, 2.05) is 63.3 Å². The van der Waals surface area contributed by atoms with Gasteiger partial charge in [-0.2, -0.15) is 0 Å². The largest absolute Gasteiger partial charge is 0.354 e. The lowest BCUT2D eigenvalue weighted by Crippen LogP contribution is -2.40. The second-order valence-electron chi connectivity index (χ2n) is 9.19. The molecule has 1 aromatic carbocycles. The first-order valence-electron chi connectivity index (χ1n) is 13.4. The van der Waals surface area contributed by atoms with Crippen molar-refractivity contribution in [3.63, 3.8) is 0 Å². The van der Waals surface area contributed by atoms with Crippen LogP contribution in [0.5, 0.6) is 0 Å². The second kappa shape index (κ2) is 16.1. The van der Waals surface area contributed by atoms with Crippen LogP contribution in [0, 0.1) is 0 Å². The molecule has 0 saturated heterocycles. The average Bonchev–Trinajstić information content (AvgIpc) is 3.42. The molecular formula is C31H32Cl4N4O3. The Balaban J connectivity index is 0.00000237. The molecule has 2 unspecified atom stereocenters. The van der Waals surface area contributed by atoms with E-state index in [0.717, 1.165) is 11.1 Å². The van der Waals surface area contributed by atoms with E-state index < -0.39 is 22.2 Å². The van der Waals surface area contributed by atoms with Crippen LogP contribution in [0.2, 0.25) is 0 Å². The Morgan fingerprint density at radius 1 is 1.07 bits per heavy atom. The van der Waals surface area contributed by atoms with E-state index in [-0.39, 0.29) is 18.7 Å². The van der Waals surface area contributed by atoms with Crippen molar-refractivity contribution in [2.45, 2.75) is 49.9 Å². The number of allylic oxidation sites excluding steroid dienone is 6. The van der Waals surface area contributed by atoms with E-state index in [1.54, 1.807) is 24.3 Å². The van der Waals surface area contributed by atoms with Gasteiger partial charge in [-0.1, -0.05) is 102 Å². The molecule has 2 N–H and O–H groups in total. The Kier molecular flexibility index (Phi) is 12.8. The number of aromatic nitrogens is 2. The molecule has 0 aliphatic heterocycles. The summed E-state index contributed by atoms with van der Waals surface area (Å²) in [6, 6.07) is 13.7. The number of anilines is 1. The lowest BCUT2D eigenvalue weighted by molar-refractivity contribution is -0.120. The van der Waals surface area contributed by atoms with E-state index in [2.05, 4.69) is 10.1 Å². The van der Waals surface area contributed by atoms with Gasteiger partial charge in [0, 0.05) is 41.5 Å². The van der Waals surface area contributed by atoms with Crippen molar-refractivity contribution in [1.82, 2.24) is 10.1 Å². The predicted molar refractivity (Wildman–Crippen MR) is 172 cm³/mol. The van der Waals surface area contributed by atoms with Gasteiger partial charge >= 0.3 is 0 Å². The van der Waals surface area contributed by atoms with Crippen molar-refractivity contribution >= 4 is 69.4 Å². The number of amides is 1. The first-order valence-corrected chi connectivity index (χ1v) is 15.1. The van der Waals surface area contributed by atoms with Gasteiger partial charge in [-0.3, -0.25) is 14.6 Å². The molecule has 0 radical (unpaired) electrons. The Labute approximate surface area is 266 Å². The van der Waals surface area contributed by atoms with Gasteiger partial charge in [0.25, 0.3) is 5.91 Å². The maximum absolute atomic E-state index is 12.9. The lowest BCUT2D eigenvalue weighted by atomic mass is 10.0. The minimum Gasteiger partial charge on any atom is -0.354 e. The third-order valence-corrected chi connectivity index (χ3v) is 7.32. The lowest BCUT2D eigenvalue weighted by Gasteiger charge is -2.24. The molecule has 0 fully saturated rings. The highest BCUT2D eigenvalue weighted by atomic mass is 35.5. The number of pyridine rings is 1. The maximum atomic E-state index is 12.9. The van der Waals surface area contributed by atoms with Crippen LogP contribution < -0.4 is 10.6 Å². The van der Waals surface area contributed by atoms with Crippen LogP contribution in [0.25, 0.3) is 17.0 Å². The number of nitrogens with two attached hydrogens (primary N) is 1. The highest BCUT2D eigenvalue weighted by molar-refractivity contribution is 6.54. The third kappa shape index (κ3) is 8.79. The first-order chi connectivity index (χ1) is 20.1. The van der Waals surface area contributed by atoms with Crippen molar-refractivity contribution in [3.8, 4) is 11.5 Å². The van der Waals surface area contributed by atoms with Gasteiger partial charge in [-0.15, -0.1) is 11.6 Å². The monoisotopic (exact) mass is 648 g/mol. The highest BCUT2D eigenvalue weighted by Crippen LogP contribution is 2.34. The van der Waals surface area contributed by atoms with E-state index in [0.29, 0.717) is 39.9 Å². The predicted octanol–water partition coefficient (Wildman–Crippen LogP) is 7.50. The van der Waals surface area contributed by atoms with Gasteiger partial charge in [0.1, 0.15) is 11.4 Å². The highest BCUT2D eigenvalue weighted by Gasteiger charge is 2.26. The molecule has 7 nitrogen and oxygen atoms in total. The summed E-state index contributed by atoms with van der Waals surface area (Å²) in [5.74, 6) is -0.454. The van der Waals surface area contributed by atoms with Crippen molar-refractivity contribution < 1.29 is 14.1 Å².